The van der Waals surface area contributed by atoms with Crippen LogP contribution in [0.2, 0.25) is 0 Å². The molecule has 0 amide bonds. The minimum atomic E-state index is -3.82. The highest BCUT2D eigenvalue weighted by Crippen LogP contribution is 2.32. The number of carbonyl (C=O) groups is 1. The maximum Gasteiger partial charge on any atom is 0.348 e. The van der Waals surface area contributed by atoms with Gasteiger partial charge in [-0.3, -0.25) is 0 Å². The van der Waals surface area contributed by atoms with Crippen molar-refractivity contribution in [2.45, 2.75) is 31.2 Å². The van der Waals surface area contributed by atoms with Crippen molar-refractivity contribution in [2.24, 2.45) is 5.92 Å². The molecule has 0 saturated carbocycles. The molecule has 0 spiro atoms. The van der Waals surface area contributed by atoms with Crippen LogP contribution in [0.3, 0.4) is 0 Å². The lowest BCUT2D eigenvalue weighted by atomic mass is 10.1. The minimum absolute atomic E-state index is 0.0323. The molecule has 1 atom stereocenters. The Hall–Kier alpha value is -0.480. The van der Waals surface area contributed by atoms with E-state index < -0.39 is 22.0 Å². The van der Waals surface area contributed by atoms with Gasteiger partial charge in [-0.2, -0.15) is 0 Å². The van der Waals surface area contributed by atoms with E-state index >= 15 is 0 Å². The number of sulfonamides is 1. The molecule has 6 nitrogen and oxygen atoms in total. The summed E-state index contributed by atoms with van der Waals surface area (Å²) in [5.74, 6) is -0.357. The number of hydrogen-bond donors (Lipinski definition) is 2. The Bertz CT molecular complexity index is 597. The number of hydrogen-bond acceptors (Lipinski definition) is 6. The Labute approximate surface area is 136 Å². The van der Waals surface area contributed by atoms with E-state index in [0.717, 1.165) is 11.3 Å². The molecule has 0 radical (unpaired) electrons. The van der Waals surface area contributed by atoms with Crippen molar-refractivity contribution in [3.8, 4) is 0 Å². The van der Waals surface area contributed by atoms with E-state index in [9.17, 15) is 18.3 Å². The molecule has 0 bridgehead atoms. The van der Waals surface area contributed by atoms with Gasteiger partial charge in [0.2, 0.25) is 10.0 Å². The molecule has 1 rings (SSSR count). The van der Waals surface area contributed by atoms with E-state index in [1.165, 1.54) is 13.2 Å². The molecule has 0 aliphatic rings. The molecule has 0 fully saturated rings. The second-order valence-corrected chi connectivity index (χ2v) is 8.92. The van der Waals surface area contributed by atoms with Crippen LogP contribution < -0.4 is 4.72 Å². The highest BCUT2D eigenvalue weighted by atomic mass is 79.9. The first-order valence-electron chi connectivity index (χ1n) is 6.22. The van der Waals surface area contributed by atoms with Gasteiger partial charge in [-0.15, -0.1) is 11.3 Å². The normalized spacial score (nSPS) is 13.4. The molecule has 0 saturated heterocycles. The summed E-state index contributed by atoms with van der Waals surface area (Å²) < 4.78 is 32.0. The van der Waals surface area contributed by atoms with Gasteiger partial charge >= 0.3 is 5.97 Å². The van der Waals surface area contributed by atoms with E-state index in [2.05, 4.69) is 25.4 Å². The average molecular weight is 400 g/mol. The number of methoxy groups -OCH3 is 1. The van der Waals surface area contributed by atoms with E-state index in [1.807, 2.05) is 13.8 Å². The molecule has 21 heavy (non-hydrogen) atoms. The average Bonchev–Trinajstić information content (AvgIpc) is 2.79. The predicted molar refractivity (Wildman–Crippen MR) is 84.0 cm³/mol. The summed E-state index contributed by atoms with van der Waals surface area (Å²) in [7, 11) is -2.59. The van der Waals surface area contributed by atoms with Crippen molar-refractivity contribution < 1.29 is 23.1 Å². The van der Waals surface area contributed by atoms with Gasteiger partial charge in [0.1, 0.15) is 9.77 Å². The van der Waals surface area contributed by atoms with Crippen molar-refractivity contribution in [2.75, 3.05) is 13.7 Å². The Balaban J connectivity index is 3.02. The quantitative estimate of drug-likeness (QED) is 0.683. The molecule has 0 aromatic carbocycles. The molecule has 9 heteroatoms. The molecular formula is C12H18BrNO5S2. The molecule has 1 heterocycles. The molecule has 0 aliphatic heterocycles. The summed E-state index contributed by atoms with van der Waals surface area (Å²) in [5.41, 5.74) is 0. The van der Waals surface area contributed by atoms with Gasteiger partial charge in [-0.05, 0) is 34.3 Å². The number of nitrogens with one attached hydrogen (secondary N) is 1. The monoisotopic (exact) mass is 399 g/mol. The second kappa shape index (κ2) is 7.68. The van der Waals surface area contributed by atoms with Crippen molar-refractivity contribution in [1.82, 2.24) is 4.72 Å². The lowest BCUT2D eigenvalue weighted by Gasteiger charge is -2.18. The van der Waals surface area contributed by atoms with Crippen molar-refractivity contribution in [1.29, 1.82) is 0 Å². The summed E-state index contributed by atoms with van der Waals surface area (Å²) in [5, 5.41) is 9.28. The maximum absolute atomic E-state index is 12.3. The summed E-state index contributed by atoms with van der Waals surface area (Å²) in [6.07, 6.45) is 0.515. The van der Waals surface area contributed by atoms with E-state index in [-0.39, 0.29) is 22.3 Å². The minimum Gasteiger partial charge on any atom is -0.465 e. The van der Waals surface area contributed by atoms with Gasteiger partial charge in [0, 0.05) is 6.04 Å². The van der Waals surface area contributed by atoms with Crippen molar-refractivity contribution in [3.63, 3.8) is 0 Å². The molecule has 0 aliphatic carbocycles. The van der Waals surface area contributed by atoms with Crippen LogP contribution in [-0.4, -0.2) is 39.3 Å². The molecule has 120 valence electrons. The number of thiophene rings is 1. The molecule has 1 aromatic rings. The first-order valence-corrected chi connectivity index (χ1v) is 9.31. The zero-order chi connectivity index (χ0) is 16.2. The van der Waals surface area contributed by atoms with Crippen molar-refractivity contribution in [3.05, 3.63) is 14.7 Å². The predicted octanol–water partition coefficient (Wildman–Crippen LogP) is 1.98. The van der Waals surface area contributed by atoms with Crippen LogP contribution in [0.4, 0.5) is 0 Å². The van der Waals surface area contributed by atoms with Crippen LogP contribution in [0, 0.1) is 5.92 Å². The fraction of sp³-hybridized carbons (Fsp3) is 0.583. The third-order valence-corrected chi connectivity index (χ3v) is 6.38. The molecule has 1 aromatic heterocycles. The number of ether oxygens (including phenoxy) is 1. The SMILES string of the molecule is COC(=O)c1cc(S(=O)(=O)NC(CO)CC(C)C)c(Br)s1. The van der Waals surface area contributed by atoms with Crippen LogP contribution in [0.15, 0.2) is 14.7 Å². The van der Waals surface area contributed by atoms with Crippen LogP contribution in [0.5, 0.6) is 0 Å². The number of carbonyl (C=O) groups excluding carboxylic acids is 1. The lowest BCUT2D eigenvalue weighted by molar-refractivity contribution is 0.0606. The number of rotatable bonds is 7. The van der Waals surface area contributed by atoms with Gasteiger partial charge in [0.25, 0.3) is 0 Å². The third-order valence-electron chi connectivity index (χ3n) is 2.63. The van der Waals surface area contributed by atoms with Crippen LogP contribution in [0.1, 0.15) is 29.9 Å². The molecular weight excluding hydrogens is 382 g/mol. The van der Waals surface area contributed by atoms with Gasteiger partial charge < -0.3 is 9.84 Å². The van der Waals surface area contributed by atoms with E-state index in [0.29, 0.717) is 10.2 Å². The topological polar surface area (TPSA) is 92.7 Å². The van der Waals surface area contributed by atoms with Gasteiger partial charge in [-0.25, -0.2) is 17.9 Å². The van der Waals surface area contributed by atoms with Crippen LogP contribution in [0.25, 0.3) is 0 Å². The number of halogens is 1. The zero-order valence-corrected chi connectivity index (χ0v) is 15.1. The highest BCUT2D eigenvalue weighted by Gasteiger charge is 2.26. The summed E-state index contributed by atoms with van der Waals surface area (Å²) in [4.78, 5) is 11.6. The number of aliphatic hydroxyl groups excluding tert-OH is 1. The Kier molecular flexibility index (Phi) is 6.79. The lowest BCUT2D eigenvalue weighted by Crippen LogP contribution is -2.38. The smallest absolute Gasteiger partial charge is 0.348 e. The fourth-order valence-electron chi connectivity index (χ4n) is 1.75. The van der Waals surface area contributed by atoms with Gasteiger partial charge in [0.15, 0.2) is 0 Å². The summed E-state index contributed by atoms with van der Waals surface area (Å²) in [6.45, 7) is 3.59. The largest absolute Gasteiger partial charge is 0.465 e. The highest BCUT2D eigenvalue weighted by molar-refractivity contribution is 9.11. The third kappa shape index (κ3) is 5.03. The first-order chi connectivity index (χ1) is 9.71. The number of aliphatic hydroxyl groups is 1. The van der Waals surface area contributed by atoms with Gasteiger partial charge in [-0.1, -0.05) is 13.8 Å². The Morgan fingerprint density at radius 3 is 2.62 bits per heavy atom. The summed E-state index contributed by atoms with van der Waals surface area (Å²) in [6, 6.07) is 0.690. The van der Waals surface area contributed by atoms with Gasteiger partial charge in [0.05, 0.1) is 17.5 Å². The second-order valence-electron chi connectivity index (χ2n) is 4.87. The molecule has 1 unspecified atom stereocenters. The van der Waals surface area contributed by atoms with Crippen LogP contribution in [-0.2, 0) is 14.8 Å². The van der Waals surface area contributed by atoms with Crippen molar-refractivity contribution >= 4 is 43.3 Å². The zero-order valence-electron chi connectivity index (χ0n) is 11.9. The van der Waals surface area contributed by atoms with E-state index in [1.54, 1.807) is 0 Å². The first kappa shape index (κ1) is 18.6. The Morgan fingerprint density at radius 1 is 1.52 bits per heavy atom. The number of esters is 1. The standard InChI is InChI=1S/C12H18BrNO5S2/c1-7(2)4-8(6-15)14-21(17,18)10-5-9(12(16)19-3)20-11(10)13/h5,7-8,14-15H,4,6H2,1-3H3. The van der Waals surface area contributed by atoms with E-state index in [4.69, 9.17) is 0 Å². The Morgan fingerprint density at radius 2 is 2.14 bits per heavy atom. The molecule has 2 N–H and O–H groups in total. The fourth-order valence-corrected chi connectivity index (χ4v) is 5.47. The maximum atomic E-state index is 12.3. The summed E-state index contributed by atoms with van der Waals surface area (Å²) >= 11 is 4.13. The van der Waals surface area contributed by atoms with Crippen LogP contribution >= 0.6 is 27.3 Å².